The molecular formula is C11H16N2O4S2. The molecule has 1 unspecified atom stereocenters. The molecule has 1 fully saturated rings. The first-order valence-corrected chi connectivity index (χ1v) is 8.22. The van der Waals surface area contributed by atoms with Gasteiger partial charge < -0.3 is 9.64 Å². The highest BCUT2D eigenvalue weighted by atomic mass is 32.2. The summed E-state index contributed by atoms with van der Waals surface area (Å²) in [5, 5.41) is 0. The topological polar surface area (TPSA) is 75.7 Å². The first-order valence-electron chi connectivity index (χ1n) is 5.92. The van der Waals surface area contributed by atoms with Gasteiger partial charge in [-0.2, -0.15) is 0 Å². The predicted molar refractivity (Wildman–Crippen MR) is 71.8 cm³/mol. The number of nitrogens with zero attached hydrogens (tertiary/aromatic N) is 1. The van der Waals surface area contributed by atoms with E-state index in [4.69, 9.17) is 4.74 Å². The quantitative estimate of drug-likeness (QED) is 0.882. The van der Waals surface area contributed by atoms with E-state index in [9.17, 15) is 13.2 Å². The maximum absolute atomic E-state index is 12.0. The van der Waals surface area contributed by atoms with Crippen molar-refractivity contribution in [3.63, 3.8) is 0 Å². The number of amides is 1. The number of cyclic esters (lactones) is 1. The highest BCUT2D eigenvalue weighted by Gasteiger charge is 2.29. The normalized spacial score (nSPS) is 19.8. The van der Waals surface area contributed by atoms with Crippen LogP contribution in [0.2, 0.25) is 0 Å². The summed E-state index contributed by atoms with van der Waals surface area (Å²) in [6.07, 6.45) is -0.0444. The van der Waals surface area contributed by atoms with Crippen LogP contribution in [-0.2, 0) is 21.2 Å². The fourth-order valence-corrected chi connectivity index (χ4v) is 4.13. The average molecular weight is 304 g/mol. The molecule has 0 bridgehead atoms. The van der Waals surface area contributed by atoms with E-state index in [0.717, 1.165) is 11.3 Å². The lowest BCUT2D eigenvalue weighted by atomic mass is 10.4. The smallest absolute Gasteiger partial charge is 0.410 e. The molecule has 1 amide bonds. The molecule has 1 atom stereocenters. The van der Waals surface area contributed by atoms with E-state index in [2.05, 4.69) is 4.72 Å². The number of nitrogens with one attached hydrogen (secondary N) is 1. The Hall–Kier alpha value is -1.12. The van der Waals surface area contributed by atoms with Crippen molar-refractivity contribution in [3.05, 3.63) is 17.0 Å². The molecule has 2 rings (SSSR count). The minimum Gasteiger partial charge on any atom is -0.443 e. The average Bonchev–Trinajstić information content (AvgIpc) is 2.95. The summed E-state index contributed by atoms with van der Waals surface area (Å²) in [4.78, 5) is 13.6. The maximum Gasteiger partial charge on any atom is 0.410 e. The molecule has 1 aromatic heterocycles. The van der Waals surface area contributed by atoms with Crippen LogP contribution in [0.25, 0.3) is 0 Å². The summed E-state index contributed by atoms with van der Waals surface area (Å²) in [7, 11) is -1.90. The van der Waals surface area contributed by atoms with Crippen molar-refractivity contribution >= 4 is 27.5 Å². The van der Waals surface area contributed by atoms with Gasteiger partial charge in [-0.3, -0.25) is 0 Å². The highest BCUT2D eigenvalue weighted by Crippen LogP contribution is 2.21. The molecule has 1 aromatic rings. The standard InChI is InChI=1S/C11H16N2O4S2/c1-3-9-4-5-10(18-9)19(15,16)12-6-8-7-13(2)11(14)17-8/h4-5,8,12H,3,6-7H2,1-2H3. The summed E-state index contributed by atoms with van der Waals surface area (Å²) in [6, 6.07) is 3.40. The molecule has 0 aliphatic carbocycles. The van der Waals surface area contributed by atoms with Gasteiger partial charge >= 0.3 is 6.09 Å². The van der Waals surface area contributed by atoms with E-state index in [1.807, 2.05) is 13.0 Å². The molecule has 106 valence electrons. The zero-order valence-electron chi connectivity index (χ0n) is 10.8. The van der Waals surface area contributed by atoms with Gasteiger partial charge in [-0.25, -0.2) is 17.9 Å². The van der Waals surface area contributed by atoms with Gasteiger partial charge in [-0.05, 0) is 18.6 Å². The predicted octanol–water partition coefficient (Wildman–Crippen LogP) is 1.04. The second kappa shape index (κ2) is 5.48. The Morgan fingerprint density at radius 1 is 1.53 bits per heavy atom. The fraction of sp³-hybridized carbons (Fsp3) is 0.545. The third-order valence-electron chi connectivity index (χ3n) is 2.81. The Balaban J connectivity index is 1.96. The molecule has 1 aliphatic rings. The molecule has 0 radical (unpaired) electrons. The van der Waals surface area contributed by atoms with Gasteiger partial charge in [0.1, 0.15) is 10.3 Å². The van der Waals surface area contributed by atoms with E-state index in [1.165, 1.54) is 16.2 Å². The van der Waals surface area contributed by atoms with Crippen molar-refractivity contribution in [2.75, 3.05) is 20.1 Å². The summed E-state index contributed by atoms with van der Waals surface area (Å²) in [5.74, 6) is 0. The lowest BCUT2D eigenvalue weighted by Gasteiger charge is -2.09. The van der Waals surface area contributed by atoms with Crippen molar-refractivity contribution in [2.45, 2.75) is 23.7 Å². The number of thiophene rings is 1. The number of carbonyl (C=O) groups is 1. The van der Waals surface area contributed by atoms with Crippen LogP contribution in [0.15, 0.2) is 16.3 Å². The van der Waals surface area contributed by atoms with Crippen molar-refractivity contribution in [2.24, 2.45) is 0 Å². The minimum absolute atomic E-state index is 0.0950. The number of rotatable bonds is 5. The maximum atomic E-state index is 12.0. The van der Waals surface area contributed by atoms with E-state index < -0.39 is 22.2 Å². The SMILES string of the molecule is CCc1ccc(S(=O)(=O)NCC2CN(C)C(=O)O2)s1. The summed E-state index contributed by atoms with van der Waals surface area (Å²) >= 11 is 1.25. The van der Waals surface area contributed by atoms with Crippen LogP contribution in [0.3, 0.4) is 0 Å². The Morgan fingerprint density at radius 2 is 2.26 bits per heavy atom. The molecule has 2 heterocycles. The summed E-state index contributed by atoms with van der Waals surface area (Å²) < 4.78 is 31.8. The molecule has 0 aromatic carbocycles. The van der Waals surface area contributed by atoms with E-state index >= 15 is 0 Å². The number of carbonyl (C=O) groups excluding carboxylic acids is 1. The monoisotopic (exact) mass is 304 g/mol. The lowest BCUT2D eigenvalue weighted by molar-refractivity contribution is 0.135. The third-order valence-corrected chi connectivity index (χ3v) is 5.95. The molecule has 19 heavy (non-hydrogen) atoms. The largest absolute Gasteiger partial charge is 0.443 e. The van der Waals surface area contributed by atoms with Crippen LogP contribution in [0.4, 0.5) is 4.79 Å². The van der Waals surface area contributed by atoms with Gasteiger partial charge in [0, 0.05) is 18.5 Å². The third kappa shape index (κ3) is 3.26. The van der Waals surface area contributed by atoms with Crippen LogP contribution in [0.1, 0.15) is 11.8 Å². The van der Waals surface area contributed by atoms with Gasteiger partial charge in [0.2, 0.25) is 10.0 Å². The number of hydrogen-bond acceptors (Lipinski definition) is 5. The lowest BCUT2D eigenvalue weighted by Crippen LogP contribution is -2.33. The van der Waals surface area contributed by atoms with Crippen LogP contribution in [-0.4, -0.2) is 45.7 Å². The van der Waals surface area contributed by atoms with Crippen LogP contribution in [0, 0.1) is 0 Å². The van der Waals surface area contributed by atoms with Gasteiger partial charge in [-0.1, -0.05) is 6.92 Å². The number of aryl methyl sites for hydroxylation is 1. The molecule has 1 saturated heterocycles. The Kier molecular flexibility index (Phi) is 4.12. The molecule has 0 saturated carbocycles. The van der Waals surface area contributed by atoms with E-state index in [0.29, 0.717) is 10.8 Å². The highest BCUT2D eigenvalue weighted by molar-refractivity contribution is 7.91. The van der Waals surface area contributed by atoms with Gasteiger partial charge in [0.25, 0.3) is 0 Å². The Bertz CT molecular complexity index is 567. The number of sulfonamides is 1. The zero-order valence-corrected chi connectivity index (χ0v) is 12.4. The van der Waals surface area contributed by atoms with Gasteiger partial charge in [-0.15, -0.1) is 11.3 Å². The first-order chi connectivity index (χ1) is 8.92. The van der Waals surface area contributed by atoms with Crippen molar-refractivity contribution < 1.29 is 17.9 Å². The molecular weight excluding hydrogens is 288 g/mol. The second-order valence-electron chi connectivity index (χ2n) is 4.31. The molecule has 8 heteroatoms. The number of likely N-dealkylation sites (N-methyl/N-ethyl adjacent to an activating group) is 1. The molecule has 1 aliphatic heterocycles. The zero-order chi connectivity index (χ0) is 14.0. The Labute approximate surface area is 116 Å². The Morgan fingerprint density at radius 3 is 2.79 bits per heavy atom. The van der Waals surface area contributed by atoms with Crippen molar-refractivity contribution in [3.8, 4) is 0 Å². The fourth-order valence-electron chi connectivity index (χ4n) is 1.72. The van der Waals surface area contributed by atoms with Crippen LogP contribution in [0.5, 0.6) is 0 Å². The van der Waals surface area contributed by atoms with E-state index in [-0.39, 0.29) is 6.54 Å². The van der Waals surface area contributed by atoms with Crippen molar-refractivity contribution in [1.29, 1.82) is 0 Å². The minimum atomic E-state index is -3.51. The van der Waals surface area contributed by atoms with Gasteiger partial charge in [0.15, 0.2) is 0 Å². The molecule has 6 nitrogen and oxygen atoms in total. The van der Waals surface area contributed by atoms with Crippen molar-refractivity contribution in [1.82, 2.24) is 9.62 Å². The van der Waals surface area contributed by atoms with E-state index in [1.54, 1.807) is 13.1 Å². The summed E-state index contributed by atoms with van der Waals surface area (Å²) in [6.45, 7) is 2.47. The van der Waals surface area contributed by atoms with Gasteiger partial charge in [0.05, 0.1) is 6.54 Å². The summed E-state index contributed by atoms with van der Waals surface area (Å²) in [5.41, 5.74) is 0. The second-order valence-corrected chi connectivity index (χ2v) is 7.47. The van der Waals surface area contributed by atoms with Crippen LogP contribution >= 0.6 is 11.3 Å². The number of hydrogen-bond donors (Lipinski definition) is 1. The number of ether oxygens (including phenoxy) is 1. The molecule has 0 spiro atoms. The molecule has 1 N–H and O–H groups in total. The first kappa shape index (κ1) is 14.3. The van der Waals surface area contributed by atoms with Crippen LogP contribution < -0.4 is 4.72 Å².